The van der Waals surface area contributed by atoms with Crippen molar-refractivity contribution in [2.24, 2.45) is 0 Å². The first-order valence-corrected chi connectivity index (χ1v) is 10.4. The van der Waals surface area contributed by atoms with Gasteiger partial charge in [0.05, 0.1) is 19.4 Å². The number of hydrogen-bond donors (Lipinski definition) is 1. The van der Waals surface area contributed by atoms with Crippen LogP contribution in [-0.4, -0.2) is 39.6 Å². The summed E-state index contributed by atoms with van der Waals surface area (Å²) in [5.74, 6) is 1.00. The molecule has 0 atom stereocenters. The zero-order chi connectivity index (χ0) is 21.6. The molecule has 4 rings (SSSR count). The van der Waals surface area contributed by atoms with Crippen LogP contribution in [0.5, 0.6) is 5.75 Å². The minimum Gasteiger partial charge on any atom is -0.497 e. The topological polar surface area (TPSA) is 99.1 Å². The third-order valence-electron chi connectivity index (χ3n) is 4.29. The average Bonchev–Trinajstić information content (AvgIpc) is 3.28. The molecule has 0 spiro atoms. The zero-order valence-electron chi connectivity index (χ0n) is 16.9. The van der Waals surface area contributed by atoms with Crippen LogP contribution in [0.4, 0.5) is 10.9 Å². The van der Waals surface area contributed by atoms with E-state index in [-0.39, 0.29) is 12.2 Å². The maximum Gasteiger partial charge on any atom is 0.343 e. The highest BCUT2D eigenvalue weighted by molar-refractivity contribution is 7.14. The molecule has 0 aliphatic carbocycles. The Hall–Kier alpha value is -3.85. The summed E-state index contributed by atoms with van der Waals surface area (Å²) in [5.41, 5.74) is 2.51. The molecule has 31 heavy (non-hydrogen) atoms. The van der Waals surface area contributed by atoms with E-state index < -0.39 is 5.97 Å². The van der Waals surface area contributed by atoms with Gasteiger partial charge in [0.15, 0.2) is 16.8 Å². The maximum atomic E-state index is 12.4. The van der Waals surface area contributed by atoms with E-state index in [0.717, 1.165) is 22.7 Å². The summed E-state index contributed by atoms with van der Waals surface area (Å²) in [6.45, 7) is 2.00. The molecule has 0 unspecified atom stereocenters. The number of thiazole rings is 1. The van der Waals surface area contributed by atoms with E-state index in [4.69, 9.17) is 9.47 Å². The number of ether oxygens (including phenoxy) is 2. The van der Waals surface area contributed by atoms with E-state index in [1.807, 2.05) is 47.8 Å². The number of nitrogens with zero attached hydrogens (tertiary/aromatic N) is 4. The molecule has 9 heteroatoms. The van der Waals surface area contributed by atoms with Crippen molar-refractivity contribution >= 4 is 28.3 Å². The first-order valence-electron chi connectivity index (χ1n) is 9.50. The van der Waals surface area contributed by atoms with Gasteiger partial charge >= 0.3 is 5.97 Å². The van der Waals surface area contributed by atoms with Crippen molar-refractivity contribution < 1.29 is 14.3 Å². The Morgan fingerprint density at radius 1 is 1.06 bits per heavy atom. The Morgan fingerprint density at radius 2 is 1.90 bits per heavy atom. The molecular formula is C22H19N5O3S. The van der Waals surface area contributed by atoms with Crippen molar-refractivity contribution in [3.63, 3.8) is 0 Å². The van der Waals surface area contributed by atoms with Crippen molar-refractivity contribution in [3.05, 3.63) is 65.8 Å². The molecule has 0 aliphatic heterocycles. The van der Waals surface area contributed by atoms with Crippen LogP contribution in [0.15, 0.2) is 60.2 Å². The van der Waals surface area contributed by atoms with Crippen LogP contribution in [0.1, 0.15) is 17.3 Å². The summed E-state index contributed by atoms with van der Waals surface area (Å²) >= 11 is 1.39. The van der Waals surface area contributed by atoms with E-state index in [0.29, 0.717) is 16.8 Å². The number of aromatic nitrogens is 4. The van der Waals surface area contributed by atoms with E-state index in [2.05, 4.69) is 25.3 Å². The largest absolute Gasteiger partial charge is 0.497 e. The van der Waals surface area contributed by atoms with Gasteiger partial charge in [0.2, 0.25) is 0 Å². The number of hydrogen-bond acceptors (Lipinski definition) is 9. The lowest BCUT2D eigenvalue weighted by Gasteiger charge is -2.10. The minimum absolute atomic E-state index is 0.230. The number of benzene rings is 1. The number of anilines is 2. The Labute approximate surface area is 183 Å². The lowest BCUT2D eigenvalue weighted by atomic mass is 10.2. The molecular weight excluding hydrogens is 414 g/mol. The molecule has 3 aromatic heterocycles. The smallest absolute Gasteiger partial charge is 0.343 e. The number of esters is 1. The molecule has 1 N–H and O–H groups in total. The summed E-state index contributed by atoms with van der Waals surface area (Å²) in [7, 11) is 1.61. The lowest BCUT2D eigenvalue weighted by molar-refractivity contribution is 0.0526. The predicted octanol–water partition coefficient (Wildman–Crippen LogP) is 4.59. The maximum absolute atomic E-state index is 12.4. The van der Waals surface area contributed by atoms with Gasteiger partial charge in [-0.1, -0.05) is 6.07 Å². The summed E-state index contributed by atoms with van der Waals surface area (Å²) in [5, 5.41) is 5.60. The molecule has 0 fully saturated rings. The number of carbonyl (C=O) groups is 1. The SMILES string of the molecule is CCOC(=O)c1cnc(-c2ccc(OC)cc2)nc1Nc1nc(-c2ccccn2)cs1. The highest BCUT2D eigenvalue weighted by Crippen LogP contribution is 2.28. The molecule has 0 amide bonds. The fourth-order valence-corrected chi connectivity index (χ4v) is 3.48. The van der Waals surface area contributed by atoms with Crippen LogP contribution in [-0.2, 0) is 4.74 Å². The highest BCUT2D eigenvalue weighted by Gasteiger charge is 2.18. The number of pyridine rings is 1. The first kappa shape index (κ1) is 20.4. The number of methoxy groups -OCH3 is 1. The molecule has 0 bridgehead atoms. The Morgan fingerprint density at radius 3 is 2.61 bits per heavy atom. The fraction of sp³-hybridized carbons (Fsp3) is 0.136. The van der Waals surface area contributed by atoms with Gasteiger partial charge in [0, 0.05) is 23.3 Å². The molecule has 0 saturated heterocycles. The predicted molar refractivity (Wildman–Crippen MR) is 119 cm³/mol. The standard InChI is InChI=1S/C22H19N5O3S/c1-3-30-21(28)16-12-24-19(14-7-9-15(29-2)10-8-14)26-20(16)27-22-25-18(13-31-22)17-6-4-5-11-23-17/h4-13H,3H2,1-2H3,(H,24,25,26,27). The second-order valence-electron chi connectivity index (χ2n) is 6.28. The average molecular weight is 433 g/mol. The first-order chi connectivity index (χ1) is 15.2. The number of carbonyl (C=O) groups excluding carboxylic acids is 1. The molecule has 156 valence electrons. The third kappa shape index (κ3) is 4.67. The van der Waals surface area contributed by atoms with Crippen molar-refractivity contribution in [3.8, 4) is 28.5 Å². The van der Waals surface area contributed by atoms with Gasteiger partial charge in [-0.2, -0.15) is 0 Å². The molecule has 0 radical (unpaired) electrons. The summed E-state index contributed by atoms with van der Waals surface area (Å²) in [6, 6.07) is 13.0. The normalized spacial score (nSPS) is 10.5. The molecule has 0 aliphatic rings. The monoisotopic (exact) mass is 433 g/mol. The van der Waals surface area contributed by atoms with Crippen molar-refractivity contribution in [1.82, 2.24) is 19.9 Å². The molecule has 0 saturated carbocycles. The van der Waals surface area contributed by atoms with Crippen molar-refractivity contribution in [1.29, 1.82) is 0 Å². The minimum atomic E-state index is -0.507. The number of rotatable bonds is 7. The molecule has 3 heterocycles. The second kappa shape index (κ2) is 9.31. The van der Waals surface area contributed by atoms with Crippen LogP contribution < -0.4 is 10.1 Å². The fourth-order valence-electron chi connectivity index (χ4n) is 2.78. The summed E-state index contributed by atoms with van der Waals surface area (Å²) in [6.07, 6.45) is 3.17. The van der Waals surface area contributed by atoms with Gasteiger partial charge in [-0.25, -0.2) is 19.7 Å². The van der Waals surface area contributed by atoms with Crippen LogP contribution in [0, 0.1) is 0 Å². The molecule has 8 nitrogen and oxygen atoms in total. The van der Waals surface area contributed by atoms with Crippen LogP contribution >= 0.6 is 11.3 Å². The zero-order valence-corrected chi connectivity index (χ0v) is 17.7. The van der Waals surface area contributed by atoms with Crippen LogP contribution in [0.3, 0.4) is 0 Å². The van der Waals surface area contributed by atoms with Gasteiger partial charge in [0.25, 0.3) is 0 Å². The van der Waals surface area contributed by atoms with E-state index in [1.54, 1.807) is 20.2 Å². The van der Waals surface area contributed by atoms with Crippen LogP contribution in [0.25, 0.3) is 22.8 Å². The lowest BCUT2D eigenvalue weighted by Crippen LogP contribution is -2.11. The Bertz CT molecular complexity index is 1180. The molecule has 4 aromatic rings. The van der Waals surface area contributed by atoms with Crippen molar-refractivity contribution in [2.45, 2.75) is 6.92 Å². The second-order valence-corrected chi connectivity index (χ2v) is 7.14. The Balaban J connectivity index is 1.68. The van der Waals surface area contributed by atoms with Crippen LogP contribution in [0.2, 0.25) is 0 Å². The van der Waals surface area contributed by atoms with E-state index >= 15 is 0 Å². The van der Waals surface area contributed by atoms with Crippen molar-refractivity contribution in [2.75, 3.05) is 19.0 Å². The van der Waals surface area contributed by atoms with Gasteiger partial charge in [0.1, 0.15) is 17.0 Å². The third-order valence-corrected chi connectivity index (χ3v) is 5.05. The quantitative estimate of drug-likeness (QED) is 0.423. The van der Waals surface area contributed by atoms with E-state index in [1.165, 1.54) is 17.5 Å². The molecule has 1 aromatic carbocycles. The van der Waals surface area contributed by atoms with Gasteiger partial charge in [-0.05, 0) is 43.3 Å². The number of nitrogens with one attached hydrogen (secondary N) is 1. The summed E-state index contributed by atoms with van der Waals surface area (Å²) < 4.78 is 10.4. The van der Waals surface area contributed by atoms with E-state index in [9.17, 15) is 4.79 Å². The van der Waals surface area contributed by atoms with Gasteiger partial charge in [-0.15, -0.1) is 11.3 Å². The van der Waals surface area contributed by atoms with Gasteiger partial charge in [-0.3, -0.25) is 4.98 Å². The van der Waals surface area contributed by atoms with Gasteiger partial charge < -0.3 is 14.8 Å². The Kier molecular flexibility index (Phi) is 6.13. The highest BCUT2D eigenvalue weighted by atomic mass is 32.1. The summed E-state index contributed by atoms with van der Waals surface area (Å²) in [4.78, 5) is 30.2.